The number of phenols is 1. The van der Waals surface area contributed by atoms with Crippen LogP contribution in [0.1, 0.15) is 77.8 Å². The second kappa shape index (κ2) is 16.2. The summed E-state index contributed by atoms with van der Waals surface area (Å²) >= 11 is 4.36. The van der Waals surface area contributed by atoms with Gasteiger partial charge in [-0.05, 0) is 67.8 Å². The normalized spacial score (nSPS) is 12.8. The highest BCUT2D eigenvalue weighted by Gasteiger charge is 2.36. The van der Waals surface area contributed by atoms with E-state index in [1.165, 1.54) is 17.0 Å². The molecule has 0 aliphatic rings. The van der Waals surface area contributed by atoms with E-state index >= 15 is 0 Å². The van der Waals surface area contributed by atoms with Gasteiger partial charge in [0, 0.05) is 18.0 Å². The predicted octanol–water partition coefficient (Wildman–Crippen LogP) is 7.24. The Balaban J connectivity index is 1.96. The van der Waals surface area contributed by atoms with Crippen molar-refractivity contribution in [2.24, 2.45) is 0 Å². The number of thiol groups is 1. The monoisotopic (exact) mass is 607 g/mol. The first kappa shape index (κ1) is 33.8. The van der Waals surface area contributed by atoms with Crippen molar-refractivity contribution in [2.45, 2.75) is 83.9 Å². The number of fused-ring (bicyclic) bond motifs is 1. The van der Waals surface area contributed by atoms with Gasteiger partial charge in [-0.3, -0.25) is 9.59 Å². The molecule has 0 aliphatic carbocycles. The van der Waals surface area contributed by atoms with E-state index in [9.17, 15) is 19.5 Å². The molecule has 2 atom stereocenters. The number of carbonyl (C=O) groups excluding carboxylic acids is 3. The number of ether oxygens (including phenoxy) is 1. The summed E-state index contributed by atoms with van der Waals surface area (Å²) in [5.74, 6) is -0.915. The Hall–Kier alpha value is -3.72. The van der Waals surface area contributed by atoms with E-state index in [2.05, 4.69) is 30.2 Å². The molecule has 0 fully saturated rings. The van der Waals surface area contributed by atoms with Gasteiger partial charge in [-0.25, -0.2) is 4.79 Å². The Labute approximate surface area is 260 Å². The summed E-state index contributed by atoms with van der Waals surface area (Å²) in [7, 11) is 0. The molecule has 3 amide bonds. The summed E-state index contributed by atoms with van der Waals surface area (Å²) in [6.07, 6.45) is 5.19. The molecule has 0 spiro atoms. The molecule has 232 valence electrons. The van der Waals surface area contributed by atoms with Crippen molar-refractivity contribution in [3.63, 3.8) is 0 Å². The fraction of sp³-hybridized carbons (Fsp3) is 0.441. The van der Waals surface area contributed by atoms with Crippen molar-refractivity contribution >= 4 is 47.0 Å². The standard InChI is InChI=1S/C34H45N3O5S/c1-5-6-7-8-9-12-20-37(32(40)29(23-43)36-33(41)42-34(2,3)4)30(26-16-13-17-28(38)22-26)31(39)35-27-19-18-24-14-10-11-15-25(24)21-27/h10-11,13-19,21-22,29-30,38,43H,5-9,12,20,23H2,1-4H3,(H,35,39)(H,36,41). The largest absolute Gasteiger partial charge is 0.508 e. The number of rotatable bonds is 14. The number of nitrogens with zero attached hydrogens (tertiary/aromatic N) is 1. The minimum atomic E-state index is -1.08. The zero-order chi connectivity index (χ0) is 31.4. The van der Waals surface area contributed by atoms with E-state index in [4.69, 9.17) is 4.74 Å². The summed E-state index contributed by atoms with van der Waals surface area (Å²) in [6, 6.07) is 17.7. The van der Waals surface area contributed by atoms with Crippen LogP contribution in [0, 0.1) is 0 Å². The second-order valence-corrected chi connectivity index (χ2v) is 12.1. The maximum absolute atomic E-state index is 14.1. The van der Waals surface area contributed by atoms with Crippen LogP contribution in [0.2, 0.25) is 0 Å². The molecule has 3 aromatic carbocycles. The molecule has 0 aliphatic heterocycles. The Kier molecular flexibility index (Phi) is 12.7. The maximum Gasteiger partial charge on any atom is 0.408 e. The Bertz CT molecular complexity index is 1370. The van der Waals surface area contributed by atoms with Crippen LogP contribution >= 0.6 is 12.6 Å². The number of hydrogen-bond acceptors (Lipinski definition) is 6. The number of phenolic OH excluding ortho intramolecular Hbond substituents is 1. The van der Waals surface area contributed by atoms with Crippen molar-refractivity contribution in [1.82, 2.24) is 10.2 Å². The fourth-order valence-electron chi connectivity index (χ4n) is 4.91. The molecular formula is C34H45N3O5S. The quantitative estimate of drug-likeness (QED) is 0.114. The highest BCUT2D eigenvalue weighted by atomic mass is 32.1. The van der Waals surface area contributed by atoms with Crippen LogP contribution in [0.4, 0.5) is 10.5 Å². The van der Waals surface area contributed by atoms with E-state index in [0.717, 1.165) is 42.9 Å². The lowest BCUT2D eigenvalue weighted by Crippen LogP contribution is -2.53. The van der Waals surface area contributed by atoms with Gasteiger partial charge in [0.15, 0.2) is 0 Å². The first-order valence-corrected chi connectivity index (χ1v) is 15.6. The lowest BCUT2D eigenvalue weighted by Gasteiger charge is -2.34. The van der Waals surface area contributed by atoms with Crippen LogP contribution in [0.5, 0.6) is 5.75 Å². The molecule has 0 saturated carbocycles. The van der Waals surface area contributed by atoms with E-state index in [1.54, 1.807) is 32.9 Å². The van der Waals surface area contributed by atoms with Gasteiger partial charge in [0.1, 0.15) is 23.4 Å². The van der Waals surface area contributed by atoms with E-state index in [0.29, 0.717) is 17.7 Å². The molecule has 8 nitrogen and oxygen atoms in total. The average Bonchev–Trinajstić information content (AvgIpc) is 2.95. The van der Waals surface area contributed by atoms with Gasteiger partial charge >= 0.3 is 6.09 Å². The van der Waals surface area contributed by atoms with Crippen LogP contribution in [0.3, 0.4) is 0 Å². The number of amides is 3. The van der Waals surface area contributed by atoms with Gasteiger partial charge in [-0.15, -0.1) is 0 Å². The van der Waals surface area contributed by atoms with Crippen molar-refractivity contribution in [1.29, 1.82) is 0 Å². The summed E-state index contributed by atoms with van der Waals surface area (Å²) in [6.45, 7) is 7.65. The van der Waals surface area contributed by atoms with Gasteiger partial charge < -0.3 is 25.4 Å². The van der Waals surface area contributed by atoms with Gasteiger partial charge in [-0.2, -0.15) is 12.6 Å². The number of benzene rings is 3. The molecule has 0 radical (unpaired) electrons. The number of aromatic hydroxyl groups is 1. The highest BCUT2D eigenvalue weighted by Crippen LogP contribution is 2.28. The van der Waals surface area contributed by atoms with Gasteiger partial charge in [-0.1, -0.05) is 81.5 Å². The molecule has 3 aromatic rings. The summed E-state index contributed by atoms with van der Waals surface area (Å²) < 4.78 is 5.39. The average molecular weight is 608 g/mol. The van der Waals surface area contributed by atoms with Crippen LogP contribution in [-0.4, -0.2) is 51.9 Å². The Morgan fingerprint density at radius 3 is 2.28 bits per heavy atom. The molecule has 2 unspecified atom stereocenters. The van der Waals surface area contributed by atoms with Crippen molar-refractivity contribution in [2.75, 3.05) is 17.6 Å². The minimum absolute atomic E-state index is 0.00410. The third-order valence-electron chi connectivity index (χ3n) is 6.97. The SMILES string of the molecule is CCCCCCCCN(C(=O)C(CS)NC(=O)OC(C)(C)C)C(C(=O)Nc1ccc2ccccc2c1)c1cccc(O)c1. The first-order chi connectivity index (χ1) is 20.5. The zero-order valence-corrected chi connectivity index (χ0v) is 26.5. The topological polar surface area (TPSA) is 108 Å². The molecule has 9 heteroatoms. The van der Waals surface area contributed by atoms with Crippen LogP contribution < -0.4 is 10.6 Å². The second-order valence-electron chi connectivity index (χ2n) is 11.7. The van der Waals surface area contributed by atoms with E-state index in [1.807, 2.05) is 42.5 Å². The molecule has 43 heavy (non-hydrogen) atoms. The fourth-order valence-corrected chi connectivity index (χ4v) is 5.16. The van der Waals surface area contributed by atoms with Gasteiger partial charge in [0.25, 0.3) is 5.91 Å². The van der Waals surface area contributed by atoms with Crippen LogP contribution in [0.25, 0.3) is 10.8 Å². The number of hydrogen-bond donors (Lipinski definition) is 4. The molecule has 0 bridgehead atoms. The van der Waals surface area contributed by atoms with Crippen molar-refractivity contribution in [3.8, 4) is 5.75 Å². The summed E-state index contributed by atoms with van der Waals surface area (Å²) in [4.78, 5) is 42.3. The molecule has 0 heterocycles. The number of nitrogens with one attached hydrogen (secondary N) is 2. The molecule has 3 N–H and O–H groups in total. The number of unbranched alkanes of at least 4 members (excludes halogenated alkanes) is 5. The number of carbonyl (C=O) groups is 3. The molecular weight excluding hydrogens is 562 g/mol. The van der Waals surface area contributed by atoms with Crippen molar-refractivity contribution in [3.05, 3.63) is 72.3 Å². The minimum Gasteiger partial charge on any atom is -0.508 e. The maximum atomic E-state index is 14.1. The first-order valence-electron chi connectivity index (χ1n) is 15.0. The number of anilines is 1. The highest BCUT2D eigenvalue weighted by molar-refractivity contribution is 7.80. The Morgan fingerprint density at radius 2 is 1.60 bits per heavy atom. The third kappa shape index (κ3) is 10.5. The van der Waals surface area contributed by atoms with Crippen LogP contribution in [-0.2, 0) is 14.3 Å². The lowest BCUT2D eigenvalue weighted by atomic mass is 10.0. The lowest BCUT2D eigenvalue weighted by molar-refractivity contribution is -0.140. The number of alkyl carbamates (subject to hydrolysis) is 1. The van der Waals surface area contributed by atoms with E-state index < -0.39 is 35.6 Å². The third-order valence-corrected chi connectivity index (χ3v) is 7.34. The molecule has 3 rings (SSSR count). The molecule has 0 aromatic heterocycles. The van der Waals surface area contributed by atoms with E-state index in [-0.39, 0.29) is 18.0 Å². The summed E-state index contributed by atoms with van der Waals surface area (Å²) in [5, 5.41) is 18.0. The zero-order valence-electron chi connectivity index (χ0n) is 25.6. The van der Waals surface area contributed by atoms with Crippen LogP contribution in [0.15, 0.2) is 66.7 Å². The van der Waals surface area contributed by atoms with Gasteiger partial charge in [0.2, 0.25) is 5.91 Å². The Morgan fingerprint density at radius 1 is 0.907 bits per heavy atom. The smallest absolute Gasteiger partial charge is 0.408 e. The van der Waals surface area contributed by atoms with Gasteiger partial charge in [0.05, 0.1) is 0 Å². The predicted molar refractivity (Wildman–Crippen MR) is 176 cm³/mol. The summed E-state index contributed by atoms with van der Waals surface area (Å²) in [5.41, 5.74) is 0.280. The molecule has 0 saturated heterocycles. The van der Waals surface area contributed by atoms with Crippen molar-refractivity contribution < 1.29 is 24.2 Å².